The Bertz CT molecular complexity index is 1010. The fourth-order valence-corrected chi connectivity index (χ4v) is 4.46. The third-order valence-electron chi connectivity index (χ3n) is 4.32. The van der Waals surface area contributed by atoms with Gasteiger partial charge in [0.15, 0.2) is 0 Å². The number of hydrogen-bond donors (Lipinski definition) is 1. The molecule has 7 heteroatoms. The van der Waals surface area contributed by atoms with E-state index in [0.29, 0.717) is 10.6 Å². The molecule has 0 saturated carbocycles. The van der Waals surface area contributed by atoms with Gasteiger partial charge in [-0.25, -0.2) is 4.79 Å². The molecule has 30 heavy (non-hydrogen) atoms. The lowest BCUT2D eigenvalue weighted by Crippen LogP contribution is -2.16. The van der Waals surface area contributed by atoms with Gasteiger partial charge in [-0.1, -0.05) is 29.8 Å². The number of carbonyl (C=O) groups is 2. The molecule has 1 N–H and O–H groups in total. The molecule has 0 fully saturated rings. The van der Waals surface area contributed by atoms with Crippen molar-refractivity contribution in [2.24, 2.45) is 0 Å². The van der Waals surface area contributed by atoms with Crippen LogP contribution in [0.15, 0.2) is 58.8 Å². The standard InChI is InChI=1S/C23H23NO4S2/c1-4-28-23(26)21-19(16-7-9-17(27-3)10-8-16)13-30-22(21)24-20(25)14-29-18-11-5-15(2)6-12-18/h5-13H,4,14H2,1-3H3,(H,24,25). The van der Waals surface area contributed by atoms with Crippen molar-refractivity contribution in [1.82, 2.24) is 0 Å². The van der Waals surface area contributed by atoms with E-state index in [9.17, 15) is 9.59 Å². The van der Waals surface area contributed by atoms with Crippen LogP contribution in [0.5, 0.6) is 5.75 Å². The number of hydrogen-bond acceptors (Lipinski definition) is 6. The molecule has 3 rings (SSSR count). The topological polar surface area (TPSA) is 64.6 Å². The summed E-state index contributed by atoms with van der Waals surface area (Å²) in [5.41, 5.74) is 3.13. The van der Waals surface area contributed by atoms with Gasteiger partial charge in [0.2, 0.25) is 5.91 Å². The average molecular weight is 442 g/mol. The van der Waals surface area contributed by atoms with Gasteiger partial charge in [-0.3, -0.25) is 4.79 Å². The van der Waals surface area contributed by atoms with E-state index in [4.69, 9.17) is 9.47 Å². The zero-order valence-corrected chi connectivity index (χ0v) is 18.7. The van der Waals surface area contributed by atoms with Gasteiger partial charge in [0.05, 0.1) is 19.5 Å². The highest BCUT2D eigenvalue weighted by molar-refractivity contribution is 8.00. The smallest absolute Gasteiger partial charge is 0.341 e. The average Bonchev–Trinajstić information content (AvgIpc) is 3.17. The summed E-state index contributed by atoms with van der Waals surface area (Å²) < 4.78 is 10.4. The lowest BCUT2D eigenvalue weighted by atomic mass is 10.0. The molecule has 0 saturated heterocycles. The monoisotopic (exact) mass is 441 g/mol. The van der Waals surface area contributed by atoms with E-state index in [1.54, 1.807) is 14.0 Å². The van der Waals surface area contributed by atoms with E-state index in [1.165, 1.54) is 28.7 Å². The summed E-state index contributed by atoms with van der Waals surface area (Å²) in [5.74, 6) is 0.356. The Kier molecular flexibility index (Phi) is 7.54. The lowest BCUT2D eigenvalue weighted by Gasteiger charge is -2.09. The van der Waals surface area contributed by atoms with Crippen molar-refractivity contribution in [3.63, 3.8) is 0 Å². The fraction of sp³-hybridized carbons (Fsp3) is 0.217. The summed E-state index contributed by atoms with van der Waals surface area (Å²) in [6.45, 7) is 4.04. The van der Waals surface area contributed by atoms with Crippen LogP contribution in [-0.2, 0) is 9.53 Å². The number of aryl methyl sites for hydroxylation is 1. The Hall–Kier alpha value is -2.77. The number of benzene rings is 2. The molecule has 3 aromatic rings. The number of rotatable bonds is 8. The Morgan fingerprint density at radius 2 is 1.77 bits per heavy atom. The molecule has 1 heterocycles. The van der Waals surface area contributed by atoms with Gasteiger partial charge in [0.25, 0.3) is 0 Å². The van der Waals surface area contributed by atoms with E-state index in [-0.39, 0.29) is 18.3 Å². The number of nitrogens with one attached hydrogen (secondary N) is 1. The molecule has 0 atom stereocenters. The molecule has 0 aliphatic heterocycles. The fourth-order valence-electron chi connectivity index (χ4n) is 2.78. The van der Waals surface area contributed by atoms with E-state index in [1.807, 2.05) is 60.8 Å². The Balaban J connectivity index is 1.79. The van der Waals surface area contributed by atoms with Gasteiger partial charge < -0.3 is 14.8 Å². The highest BCUT2D eigenvalue weighted by Crippen LogP contribution is 2.37. The maximum atomic E-state index is 12.6. The van der Waals surface area contributed by atoms with Crippen LogP contribution in [0.3, 0.4) is 0 Å². The van der Waals surface area contributed by atoms with Gasteiger partial charge in [0.1, 0.15) is 16.3 Å². The SMILES string of the molecule is CCOC(=O)c1c(-c2ccc(OC)cc2)csc1NC(=O)CSc1ccc(C)cc1. The predicted octanol–water partition coefficient (Wildman–Crippen LogP) is 5.64. The van der Waals surface area contributed by atoms with Gasteiger partial charge in [-0.05, 0) is 43.7 Å². The van der Waals surface area contributed by atoms with Crippen molar-refractivity contribution in [2.45, 2.75) is 18.7 Å². The summed E-state index contributed by atoms with van der Waals surface area (Å²) in [7, 11) is 1.60. The minimum absolute atomic E-state index is 0.172. The molecule has 156 valence electrons. The summed E-state index contributed by atoms with van der Waals surface area (Å²) in [6.07, 6.45) is 0. The lowest BCUT2D eigenvalue weighted by molar-refractivity contribution is -0.113. The normalized spacial score (nSPS) is 10.5. The molecule has 0 bridgehead atoms. The molecular formula is C23H23NO4S2. The van der Waals surface area contributed by atoms with E-state index in [0.717, 1.165) is 21.8 Å². The number of thiophene rings is 1. The molecule has 5 nitrogen and oxygen atoms in total. The second kappa shape index (κ2) is 10.3. The minimum Gasteiger partial charge on any atom is -0.497 e. The third-order valence-corrected chi connectivity index (χ3v) is 6.22. The molecule has 0 spiro atoms. The maximum Gasteiger partial charge on any atom is 0.341 e. The first kappa shape index (κ1) is 21.9. The maximum absolute atomic E-state index is 12.6. The van der Waals surface area contributed by atoms with Gasteiger partial charge >= 0.3 is 5.97 Å². The second-order valence-electron chi connectivity index (χ2n) is 6.45. The highest BCUT2D eigenvalue weighted by Gasteiger charge is 2.23. The predicted molar refractivity (Wildman–Crippen MR) is 123 cm³/mol. The largest absolute Gasteiger partial charge is 0.497 e. The molecular weight excluding hydrogens is 418 g/mol. The quantitative estimate of drug-likeness (QED) is 0.362. The summed E-state index contributed by atoms with van der Waals surface area (Å²) in [6, 6.07) is 15.4. The van der Waals surface area contributed by atoms with Crippen molar-refractivity contribution < 1.29 is 19.1 Å². The summed E-state index contributed by atoms with van der Waals surface area (Å²) in [5, 5.41) is 5.23. The van der Waals surface area contributed by atoms with Crippen LogP contribution in [0.4, 0.5) is 5.00 Å². The van der Waals surface area contributed by atoms with E-state index >= 15 is 0 Å². The van der Waals surface area contributed by atoms with Crippen LogP contribution in [0.2, 0.25) is 0 Å². The number of anilines is 1. The van der Waals surface area contributed by atoms with Crippen LogP contribution in [0, 0.1) is 6.92 Å². The van der Waals surface area contributed by atoms with Crippen molar-refractivity contribution in [2.75, 3.05) is 24.8 Å². The molecule has 1 aromatic heterocycles. The summed E-state index contributed by atoms with van der Waals surface area (Å²) >= 11 is 2.76. The van der Waals surface area contributed by atoms with Crippen molar-refractivity contribution >= 4 is 40.0 Å². The Morgan fingerprint density at radius 1 is 1.07 bits per heavy atom. The minimum atomic E-state index is -0.453. The first-order valence-corrected chi connectivity index (χ1v) is 11.3. The molecule has 1 amide bonds. The van der Waals surface area contributed by atoms with Crippen molar-refractivity contribution in [1.29, 1.82) is 0 Å². The molecule has 0 radical (unpaired) electrons. The van der Waals surface area contributed by atoms with Crippen LogP contribution in [0.25, 0.3) is 11.1 Å². The molecule has 2 aromatic carbocycles. The van der Waals surface area contributed by atoms with Gasteiger partial charge in [-0.15, -0.1) is 23.1 Å². The first-order chi connectivity index (χ1) is 14.5. The van der Waals surface area contributed by atoms with Gasteiger partial charge in [-0.2, -0.15) is 0 Å². The number of methoxy groups -OCH3 is 1. The zero-order chi connectivity index (χ0) is 21.5. The Morgan fingerprint density at radius 3 is 2.40 bits per heavy atom. The molecule has 0 aliphatic rings. The Labute approximate surface area is 184 Å². The van der Waals surface area contributed by atoms with Crippen LogP contribution in [0.1, 0.15) is 22.8 Å². The number of amides is 1. The van der Waals surface area contributed by atoms with Gasteiger partial charge in [0, 0.05) is 15.8 Å². The zero-order valence-electron chi connectivity index (χ0n) is 17.1. The number of ether oxygens (including phenoxy) is 2. The first-order valence-electron chi connectivity index (χ1n) is 9.44. The second-order valence-corrected chi connectivity index (χ2v) is 8.38. The third kappa shape index (κ3) is 5.43. The van der Waals surface area contributed by atoms with Crippen LogP contribution >= 0.6 is 23.1 Å². The van der Waals surface area contributed by atoms with Crippen LogP contribution < -0.4 is 10.1 Å². The molecule has 0 unspecified atom stereocenters. The van der Waals surface area contributed by atoms with Crippen molar-refractivity contribution in [3.8, 4) is 16.9 Å². The van der Waals surface area contributed by atoms with E-state index < -0.39 is 5.97 Å². The highest BCUT2D eigenvalue weighted by atomic mass is 32.2. The van der Waals surface area contributed by atoms with Crippen molar-refractivity contribution in [3.05, 3.63) is 65.0 Å². The number of thioether (sulfide) groups is 1. The molecule has 0 aliphatic carbocycles. The number of esters is 1. The van der Waals surface area contributed by atoms with E-state index in [2.05, 4.69) is 5.32 Å². The summed E-state index contributed by atoms with van der Waals surface area (Å²) in [4.78, 5) is 26.2. The van der Waals surface area contributed by atoms with Crippen LogP contribution in [-0.4, -0.2) is 31.3 Å². The number of carbonyl (C=O) groups excluding carboxylic acids is 2.